The van der Waals surface area contributed by atoms with Crippen molar-refractivity contribution < 1.29 is 39.6 Å². The number of nitrogens with two attached hydrogens (primary N) is 2. The Kier molecular flexibility index (Phi) is 18.4. The lowest BCUT2D eigenvalue weighted by Crippen LogP contribution is -2.51. The normalized spacial score (nSPS) is 13.8. The molecule has 0 saturated carbocycles. The van der Waals surface area contributed by atoms with Crippen LogP contribution >= 0.6 is 11.8 Å². The molecule has 1 aromatic rings. The van der Waals surface area contributed by atoms with Crippen molar-refractivity contribution in [1.82, 2.24) is 20.4 Å². The molecular formula is C29H50N6O8S. The molecule has 0 bridgehead atoms. The summed E-state index contributed by atoms with van der Waals surface area (Å²) in [7, 11) is 0. The van der Waals surface area contributed by atoms with Crippen LogP contribution in [0.15, 0.2) is 18.2 Å². The first kappa shape index (κ1) is 38.9. The van der Waals surface area contributed by atoms with E-state index in [0.717, 1.165) is 5.75 Å². The van der Waals surface area contributed by atoms with Gasteiger partial charge in [0.25, 0.3) is 5.91 Å². The van der Waals surface area contributed by atoms with Crippen molar-refractivity contribution in [2.24, 2.45) is 11.5 Å². The number of carbonyl (C=O) groups is 4. The first-order valence-corrected chi connectivity index (χ1v) is 16.2. The fourth-order valence-corrected chi connectivity index (χ4v) is 4.56. The van der Waals surface area contributed by atoms with E-state index >= 15 is 0 Å². The Morgan fingerprint density at radius 3 is 1.89 bits per heavy atom. The van der Waals surface area contributed by atoms with Crippen molar-refractivity contribution in [2.75, 3.05) is 51.3 Å². The van der Waals surface area contributed by atoms with E-state index < -0.39 is 53.5 Å². The van der Waals surface area contributed by atoms with Gasteiger partial charge in [-0.1, -0.05) is 6.07 Å². The molecule has 250 valence electrons. The molecule has 0 aromatic heterocycles. The predicted octanol–water partition coefficient (Wildman–Crippen LogP) is -0.669. The van der Waals surface area contributed by atoms with Gasteiger partial charge in [0.1, 0.15) is 12.1 Å². The van der Waals surface area contributed by atoms with E-state index in [9.17, 15) is 39.6 Å². The Balaban J connectivity index is 2.77. The van der Waals surface area contributed by atoms with Crippen LogP contribution in [0.4, 0.5) is 0 Å². The zero-order valence-corrected chi connectivity index (χ0v) is 26.7. The van der Waals surface area contributed by atoms with Crippen LogP contribution in [0, 0.1) is 0 Å². The topological polar surface area (TPSA) is 232 Å². The van der Waals surface area contributed by atoms with Crippen LogP contribution in [0.5, 0.6) is 11.5 Å². The second-order valence-electron chi connectivity index (χ2n) is 10.6. The number of aliphatic hydroxyl groups is 2. The van der Waals surface area contributed by atoms with E-state index in [1.165, 1.54) is 41.8 Å². The summed E-state index contributed by atoms with van der Waals surface area (Å²) < 4.78 is 0. The summed E-state index contributed by atoms with van der Waals surface area (Å²) in [4.78, 5) is 53.2. The highest BCUT2D eigenvalue weighted by atomic mass is 32.2. The van der Waals surface area contributed by atoms with E-state index in [4.69, 9.17) is 11.5 Å². The van der Waals surface area contributed by atoms with Gasteiger partial charge in [-0.2, -0.15) is 11.8 Å². The molecule has 15 heteroatoms. The van der Waals surface area contributed by atoms with Gasteiger partial charge in [0.2, 0.25) is 17.7 Å². The molecule has 4 atom stereocenters. The van der Waals surface area contributed by atoms with E-state index in [1.54, 1.807) is 11.8 Å². The molecule has 0 aliphatic heterocycles. The Labute approximate surface area is 263 Å². The van der Waals surface area contributed by atoms with Crippen molar-refractivity contribution in [3.8, 4) is 11.5 Å². The molecule has 4 amide bonds. The molecule has 0 aliphatic carbocycles. The third kappa shape index (κ3) is 13.7. The molecule has 1 aromatic carbocycles. The molecule has 0 radical (unpaired) electrons. The number of hydrogen-bond acceptors (Lipinski definition) is 11. The average molecular weight is 643 g/mol. The highest BCUT2D eigenvalue weighted by Gasteiger charge is 2.27. The quantitative estimate of drug-likeness (QED) is 0.0619. The first-order valence-electron chi connectivity index (χ1n) is 14.8. The summed E-state index contributed by atoms with van der Waals surface area (Å²) in [5.74, 6) is -1.76. The fourth-order valence-electron chi connectivity index (χ4n) is 4.17. The number of aromatic hydroxyl groups is 2. The minimum absolute atomic E-state index is 0.0272. The molecule has 10 N–H and O–H groups in total. The van der Waals surface area contributed by atoms with Crippen LogP contribution in [0.1, 0.15) is 56.3 Å². The van der Waals surface area contributed by atoms with Crippen LogP contribution in [-0.4, -0.2) is 129 Å². The summed E-state index contributed by atoms with van der Waals surface area (Å²) >= 11 is 1.59. The van der Waals surface area contributed by atoms with Crippen LogP contribution in [0.25, 0.3) is 0 Å². The van der Waals surface area contributed by atoms with Gasteiger partial charge in [-0.05, 0) is 57.9 Å². The van der Waals surface area contributed by atoms with E-state index in [-0.39, 0.29) is 37.6 Å². The van der Waals surface area contributed by atoms with Gasteiger partial charge < -0.3 is 52.3 Å². The molecule has 14 nitrogen and oxygen atoms in total. The lowest BCUT2D eigenvalue weighted by atomic mass is 10.1. The monoisotopic (exact) mass is 642 g/mol. The Hall–Kier alpha value is -3.11. The SMILES string of the molecule is CSCCC(=O)NCCCCN(CCCN(CCCNC(=O)c1cccc(O)c1O)C(=O)C(N)[C@@H](C)O)C(=O)[C@@H](N)C(C)O. The smallest absolute Gasteiger partial charge is 0.255 e. The minimum Gasteiger partial charge on any atom is -0.504 e. The van der Waals surface area contributed by atoms with Crippen LogP contribution < -0.4 is 22.1 Å². The number of phenols is 2. The van der Waals surface area contributed by atoms with Gasteiger partial charge in [0, 0.05) is 51.4 Å². The zero-order chi connectivity index (χ0) is 33.2. The summed E-state index contributed by atoms with van der Waals surface area (Å²) in [5.41, 5.74) is 11.7. The Morgan fingerprint density at radius 1 is 0.818 bits per heavy atom. The van der Waals surface area contributed by atoms with Gasteiger partial charge in [0.15, 0.2) is 11.5 Å². The maximum Gasteiger partial charge on any atom is 0.255 e. The fraction of sp³-hybridized carbons (Fsp3) is 0.655. The van der Waals surface area contributed by atoms with Crippen molar-refractivity contribution >= 4 is 35.4 Å². The highest BCUT2D eigenvalue weighted by Crippen LogP contribution is 2.27. The van der Waals surface area contributed by atoms with Gasteiger partial charge in [-0.3, -0.25) is 19.2 Å². The van der Waals surface area contributed by atoms with Crippen LogP contribution in [0.2, 0.25) is 0 Å². The van der Waals surface area contributed by atoms with Crippen molar-refractivity contribution in [1.29, 1.82) is 0 Å². The lowest BCUT2D eigenvalue weighted by Gasteiger charge is -2.30. The second-order valence-corrected chi connectivity index (χ2v) is 11.6. The van der Waals surface area contributed by atoms with Gasteiger partial charge in [-0.15, -0.1) is 0 Å². The number of nitrogens with one attached hydrogen (secondary N) is 2. The standard InChI is InChI=1S/C29H50N6O8S/c1-19(36)24(30)28(42)34(14-5-4-12-32-23(39)11-18-44-3)16-8-17-35(29(43)25(31)20(2)37)15-7-13-33-27(41)21-9-6-10-22(38)26(21)40/h6,9-10,19-20,24-25,36-38,40H,4-5,7-8,11-18,30-31H2,1-3H3,(H,32,39)(H,33,41)/t19?,20-,24+,25?/m1/s1. The Bertz CT molecular complexity index is 1060. The third-order valence-corrected chi connectivity index (χ3v) is 7.56. The predicted molar refractivity (Wildman–Crippen MR) is 169 cm³/mol. The Morgan fingerprint density at radius 2 is 1.34 bits per heavy atom. The maximum absolute atomic E-state index is 13.0. The minimum atomic E-state index is -1.17. The summed E-state index contributed by atoms with van der Waals surface area (Å²) in [6.07, 6.45) is 2.12. The summed E-state index contributed by atoms with van der Waals surface area (Å²) in [5, 5.41) is 44.8. The number of carbonyl (C=O) groups excluding carboxylic acids is 4. The number of unbranched alkanes of at least 4 members (excludes halogenated alkanes) is 1. The number of aliphatic hydroxyl groups excluding tert-OH is 2. The molecule has 0 spiro atoms. The molecule has 0 fully saturated rings. The number of hydrogen-bond donors (Lipinski definition) is 8. The number of nitrogens with zero attached hydrogens (tertiary/aromatic N) is 2. The largest absolute Gasteiger partial charge is 0.504 e. The van der Waals surface area contributed by atoms with Gasteiger partial charge >= 0.3 is 0 Å². The molecule has 0 saturated heterocycles. The number of phenolic OH excluding ortho intramolecular Hbond substituents is 2. The summed E-state index contributed by atoms with van der Waals surface area (Å²) in [6, 6.07) is 1.76. The molecular weight excluding hydrogens is 592 g/mol. The van der Waals surface area contributed by atoms with Crippen molar-refractivity contribution in [2.45, 2.75) is 70.2 Å². The molecule has 0 aliphatic rings. The number of rotatable bonds is 21. The van der Waals surface area contributed by atoms with Crippen LogP contribution in [-0.2, 0) is 14.4 Å². The zero-order valence-electron chi connectivity index (χ0n) is 25.9. The van der Waals surface area contributed by atoms with Crippen molar-refractivity contribution in [3.63, 3.8) is 0 Å². The van der Waals surface area contributed by atoms with Gasteiger partial charge in [-0.25, -0.2) is 0 Å². The number of thioether (sulfide) groups is 1. The van der Waals surface area contributed by atoms with Crippen LogP contribution in [0.3, 0.4) is 0 Å². The molecule has 44 heavy (non-hydrogen) atoms. The number of amides is 4. The third-order valence-electron chi connectivity index (χ3n) is 6.95. The number of para-hydroxylation sites is 1. The maximum atomic E-state index is 13.0. The average Bonchev–Trinajstić information content (AvgIpc) is 2.99. The molecule has 2 unspecified atom stereocenters. The van der Waals surface area contributed by atoms with E-state index in [0.29, 0.717) is 45.2 Å². The van der Waals surface area contributed by atoms with Gasteiger partial charge in [0.05, 0.1) is 17.8 Å². The van der Waals surface area contributed by atoms with E-state index in [2.05, 4.69) is 10.6 Å². The molecule has 0 heterocycles. The second kappa shape index (κ2) is 20.8. The lowest BCUT2D eigenvalue weighted by molar-refractivity contribution is -0.135. The first-order chi connectivity index (χ1) is 20.8. The number of benzene rings is 1. The molecule has 1 rings (SSSR count). The highest BCUT2D eigenvalue weighted by molar-refractivity contribution is 7.98. The van der Waals surface area contributed by atoms with Crippen molar-refractivity contribution in [3.05, 3.63) is 23.8 Å². The van der Waals surface area contributed by atoms with E-state index in [1.807, 2.05) is 6.26 Å². The summed E-state index contributed by atoms with van der Waals surface area (Å²) in [6.45, 7) is 4.41.